The van der Waals surface area contributed by atoms with Crippen molar-refractivity contribution in [2.45, 2.75) is 18.9 Å². The first-order chi connectivity index (χ1) is 7.78. The smallest absolute Gasteiger partial charge is 0.125 e. The quantitative estimate of drug-likeness (QED) is 0.725. The number of rotatable bonds is 2. The van der Waals surface area contributed by atoms with E-state index in [2.05, 4.69) is 4.98 Å². The van der Waals surface area contributed by atoms with E-state index >= 15 is 0 Å². The van der Waals surface area contributed by atoms with Crippen molar-refractivity contribution in [3.05, 3.63) is 30.3 Å². The van der Waals surface area contributed by atoms with Gasteiger partial charge in [-0.15, -0.1) is 0 Å². The standard InChI is InChI=1S/C12H11FN2O/c13-9-1-2-11-12(5-9)15(7-14-11)10-3-8(4-10)6-16/h1-2,5-8,10H,3-4H2. The van der Waals surface area contributed by atoms with Gasteiger partial charge in [-0.2, -0.15) is 0 Å². The van der Waals surface area contributed by atoms with Gasteiger partial charge in [0, 0.05) is 12.0 Å². The van der Waals surface area contributed by atoms with Gasteiger partial charge in [-0.25, -0.2) is 9.37 Å². The molecule has 0 radical (unpaired) electrons. The lowest BCUT2D eigenvalue weighted by atomic mass is 9.81. The van der Waals surface area contributed by atoms with Gasteiger partial charge in [0.15, 0.2) is 0 Å². The number of hydrogen-bond donors (Lipinski definition) is 0. The summed E-state index contributed by atoms with van der Waals surface area (Å²) in [6.45, 7) is 0. The number of carbonyl (C=O) groups is 1. The van der Waals surface area contributed by atoms with Crippen LogP contribution in [0, 0.1) is 11.7 Å². The molecular formula is C12H11FN2O. The molecule has 1 fully saturated rings. The molecule has 3 nitrogen and oxygen atoms in total. The van der Waals surface area contributed by atoms with Crippen molar-refractivity contribution in [1.82, 2.24) is 9.55 Å². The summed E-state index contributed by atoms with van der Waals surface area (Å²) in [5.41, 5.74) is 1.62. The fourth-order valence-electron chi connectivity index (χ4n) is 2.26. The van der Waals surface area contributed by atoms with Crippen LogP contribution in [0.15, 0.2) is 24.5 Å². The molecule has 0 saturated heterocycles. The molecule has 0 unspecified atom stereocenters. The van der Waals surface area contributed by atoms with Crippen molar-refractivity contribution in [2.75, 3.05) is 0 Å². The van der Waals surface area contributed by atoms with Crippen LogP contribution in [0.5, 0.6) is 0 Å². The number of halogens is 1. The number of nitrogens with zero attached hydrogens (tertiary/aromatic N) is 2. The summed E-state index contributed by atoms with van der Waals surface area (Å²) >= 11 is 0. The van der Waals surface area contributed by atoms with Crippen LogP contribution in [0.3, 0.4) is 0 Å². The minimum atomic E-state index is -0.250. The highest BCUT2D eigenvalue weighted by molar-refractivity contribution is 5.75. The average molecular weight is 218 g/mol. The van der Waals surface area contributed by atoms with Crippen LogP contribution in [0.4, 0.5) is 4.39 Å². The van der Waals surface area contributed by atoms with Gasteiger partial charge in [0.1, 0.15) is 12.1 Å². The molecule has 0 atom stereocenters. The zero-order chi connectivity index (χ0) is 11.1. The number of imidazole rings is 1. The van der Waals surface area contributed by atoms with E-state index in [1.807, 2.05) is 4.57 Å². The van der Waals surface area contributed by atoms with Crippen molar-refractivity contribution in [3.63, 3.8) is 0 Å². The van der Waals surface area contributed by atoms with Gasteiger partial charge in [-0.05, 0) is 31.0 Å². The molecule has 0 bridgehead atoms. The summed E-state index contributed by atoms with van der Waals surface area (Å²) in [5.74, 6) is -0.0866. The van der Waals surface area contributed by atoms with Gasteiger partial charge in [0.25, 0.3) is 0 Å². The van der Waals surface area contributed by atoms with Crippen LogP contribution in [-0.2, 0) is 4.79 Å². The van der Waals surface area contributed by atoms with Crippen LogP contribution in [0.1, 0.15) is 18.9 Å². The van der Waals surface area contributed by atoms with Crippen molar-refractivity contribution in [3.8, 4) is 0 Å². The van der Waals surface area contributed by atoms with E-state index in [0.29, 0.717) is 6.04 Å². The first-order valence-corrected chi connectivity index (χ1v) is 5.35. The molecule has 1 aromatic heterocycles. The molecule has 1 aromatic carbocycles. The van der Waals surface area contributed by atoms with Crippen LogP contribution >= 0.6 is 0 Å². The Bertz CT molecular complexity index is 543. The lowest BCUT2D eigenvalue weighted by Crippen LogP contribution is -2.27. The number of aromatic nitrogens is 2. The fraction of sp³-hybridized carbons (Fsp3) is 0.333. The maximum Gasteiger partial charge on any atom is 0.125 e. The normalized spacial score (nSPS) is 24.3. The number of aldehydes is 1. The Hall–Kier alpha value is -1.71. The summed E-state index contributed by atoms with van der Waals surface area (Å²) in [7, 11) is 0. The van der Waals surface area contributed by atoms with E-state index in [9.17, 15) is 9.18 Å². The molecule has 0 aliphatic heterocycles. The van der Waals surface area contributed by atoms with E-state index in [1.54, 1.807) is 12.4 Å². The summed E-state index contributed by atoms with van der Waals surface area (Å²) in [6.07, 6.45) is 4.41. The van der Waals surface area contributed by atoms with E-state index in [-0.39, 0.29) is 11.7 Å². The first kappa shape index (κ1) is 9.51. The number of benzene rings is 1. The third-order valence-electron chi connectivity index (χ3n) is 3.27. The fourth-order valence-corrected chi connectivity index (χ4v) is 2.26. The Morgan fingerprint density at radius 2 is 2.25 bits per heavy atom. The van der Waals surface area contributed by atoms with Crippen LogP contribution in [0.2, 0.25) is 0 Å². The zero-order valence-corrected chi connectivity index (χ0v) is 8.64. The molecule has 2 aromatic rings. The van der Waals surface area contributed by atoms with E-state index in [0.717, 1.165) is 30.2 Å². The second-order valence-electron chi connectivity index (χ2n) is 4.31. The van der Waals surface area contributed by atoms with Crippen molar-refractivity contribution >= 4 is 17.3 Å². The topological polar surface area (TPSA) is 34.9 Å². The lowest BCUT2D eigenvalue weighted by molar-refractivity contribution is -0.114. The highest BCUT2D eigenvalue weighted by Gasteiger charge is 2.30. The summed E-state index contributed by atoms with van der Waals surface area (Å²) < 4.78 is 15.1. The van der Waals surface area contributed by atoms with Crippen molar-refractivity contribution in [1.29, 1.82) is 0 Å². The Morgan fingerprint density at radius 1 is 1.44 bits per heavy atom. The van der Waals surface area contributed by atoms with Crippen molar-refractivity contribution in [2.24, 2.45) is 5.92 Å². The molecule has 82 valence electrons. The number of fused-ring (bicyclic) bond motifs is 1. The number of carbonyl (C=O) groups excluding carboxylic acids is 1. The lowest BCUT2D eigenvalue weighted by Gasteiger charge is -2.32. The first-order valence-electron chi connectivity index (χ1n) is 5.35. The van der Waals surface area contributed by atoms with Gasteiger partial charge in [-0.1, -0.05) is 0 Å². The summed E-state index contributed by atoms with van der Waals surface area (Å²) in [4.78, 5) is 14.8. The van der Waals surface area contributed by atoms with Gasteiger partial charge in [-0.3, -0.25) is 0 Å². The Kier molecular flexibility index (Phi) is 2.02. The Balaban J connectivity index is 1.98. The maximum atomic E-state index is 13.1. The van der Waals surface area contributed by atoms with Gasteiger partial charge < -0.3 is 9.36 Å². The highest BCUT2D eigenvalue weighted by atomic mass is 19.1. The summed E-state index contributed by atoms with van der Waals surface area (Å²) in [5, 5.41) is 0. The van der Waals surface area contributed by atoms with Gasteiger partial charge in [0.05, 0.1) is 17.4 Å². The third-order valence-corrected chi connectivity index (χ3v) is 3.27. The SMILES string of the molecule is O=CC1CC(n2cnc3ccc(F)cc32)C1. The molecule has 0 amide bonds. The minimum Gasteiger partial charge on any atom is -0.327 e. The van der Waals surface area contributed by atoms with Crippen molar-refractivity contribution < 1.29 is 9.18 Å². The van der Waals surface area contributed by atoms with Crippen LogP contribution in [-0.4, -0.2) is 15.8 Å². The van der Waals surface area contributed by atoms with Gasteiger partial charge >= 0.3 is 0 Å². The molecule has 1 heterocycles. The molecule has 1 saturated carbocycles. The predicted molar refractivity (Wildman–Crippen MR) is 57.5 cm³/mol. The molecule has 0 N–H and O–H groups in total. The molecule has 4 heteroatoms. The molecular weight excluding hydrogens is 207 g/mol. The summed E-state index contributed by atoms with van der Waals surface area (Å²) in [6, 6.07) is 4.88. The predicted octanol–water partition coefficient (Wildman–Crippen LogP) is 2.33. The third kappa shape index (κ3) is 1.33. The Morgan fingerprint density at radius 3 is 3.00 bits per heavy atom. The molecule has 0 spiro atoms. The van der Waals surface area contributed by atoms with Crippen LogP contribution < -0.4 is 0 Å². The van der Waals surface area contributed by atoms with E-state index in [4.69, 9.17) is 0 Å². The Labute approximate surface area is 91.9 Å². The number of hydrogen-bond acceptors (Lipinski definition) is 2. The highest BCUT2D eigenvalue weighted by Crippen LogP contribution is 2.38. The van der Waals surface area contributed by atoms with E-state index < -0.39 is 0 Å². The van der Waals surface area contributed by atoms with Crippen LogP contribution in [0.25, 0.3) is 11.0 Å². The second-order valence-corrected chi connectivity index (χ2v) is 4.31. The van der Waals surface area contributed by atoms with E-state index in [1.165, 1.54) is 12.1 Å². The maximum absolute atomic E-state index is 13.1. The zero-order valence-electron chi connectivity index (χ0n) is 8.64. The molecule has 16 heavy (non-hydrogen) atoms. The van der Waals surface area contributed by atoms with Gasteiger partial charge in [0.2, 0.25) is 0 Å². The monoisotopic (exact) mass is 218 g/mol. The second kappa shape index (κ2) is 3.40. The largest absolute Gasteiger partial charge is 0.327 e. The molecule has 1 aliphatic rings. The average Bonchev–Trinajstić information content (AvgIpc) is 2.60. The minimum absolute atomic E-state index is 0.163. The molecule has 3 rings (SSSR count). The molecule has 1 aliphatic carbocycles.